The number of ether oxygens (including phenoxy) is 2. The molecule has 3 rings (SSSR count). The molecule has 0 radical (unpaired) electrons. The monoisotopic (exact) mass is 460 g/mol. The summed E-state index contributed by atoms with van der Waals surface area (Å²) in [6.07, 6.45) is 0. The molecular formula is C23H25ClN2O4S. The van der Waals surface area contributed by atoms with Crippen molar-refractivity contribution in [3.05, 3.63) is 77.3 Å². The fraction of sp³-hybridized carbons (Fsp3) is 0.217. The maximum absolute atomic E-state index is 12.8. The number of sulfonamides is 1. The van der Waals surface area contributed by atoms with Gasteiger partial charge in [-0.3, -0.25) is 4.72 Å². The fourth-order valence-corrected chi connectivity index (χ4v) is 3.94. The van der Waals surface area contributed by atoms with E-state index in [1.165, 1.54) is 12.1 Å². The van der Waals surface area contributed by atoms with Gasteiger partial charge in [0.05, 0.1) is 15.6 Å². The fourth-order valence-electron chi connectivity index (χ4n) is 2.71. The van der Waals surface area contributed by atoms with Crippen LogP contribution in [-0.4, -0.2) is 40.6 Å². The Kier molecular flexibility index (Phi) is 7.43. The van der Waals surface area contributed by atoms with Crippen molar-refractivity contribution in [3.63, 3.8) is 0 Å². The van der Waals surface area contributed by atoms with Gasteiger partial charge in [0.25, 0.3) is 10.0 Å². The number of nitrogens with one attached hydrogen (secondary N) is 1. The van der Waals surface area contributed by atoms with E-state index in [0.717, 1.165) is 11.3 Å². The molecule has 0 amide bonds. The lowest BCUT2D eigenvalue weighted by molar-refractivity contribution is 0.261. The zero-order valence-corrected chi connectivity index (χ0v) is 19.2. The van der Waals surface area contributed by atoms with Gasteiger partial charge in [-0.15, -0.1) is 0 Å². The molecule has 0 atom stereocenters. The van der Waals surface area contributed by atoms with Crippen molar-refractivity contribution in [2.24, 2.45) is 0 Å². The first-order valence-corrected chi connectivity index (χ1v) is 11.5. The summed E-state index contributed by atoms with van der Waals surface area (Å²) in [5.74, 6) is 1.70. The molecule has 31 heavy (non-hydrogen) atoms. The number of hydrogen-bond donors (Lipinski definition) is 1. The Morgan fingerprint density at radius 2 is 1.68 bits per heavy atom. The maximum atomic E-state index is 12.8. The predicted octanol–water partition coefficient (Wildman–Crippen LogP) is 5.18. The number of nitrogens with zero attached hydrogens (tertiary/aromatic N) is 1. The highest BCUT2D eigenvalue weighted by Gasteiger charge is 2.16. The number of anilines is 1. The second kappa shape index (κ2) is 10.0. The highest BCUT2D eigenvalue weighted by atomic mass is 35.5. The normalized spacial score (nSPS) is 11.4. The Morgan fingerprint density at radius 3 is 2.35 bits per heavy atom. The first kappa shape index (κ1) is 22.9. The van der Waals surface area contributed by atoms with Gasteiger partial charge in [-0.25, -0.2) is 8.42 Å². The maximum Gasteiger partial charge on any atom is 0.261 e. The number of aryl methyl sites for hydroxylation is 1. The molecule has 0 aromatic heterocycles. The van der Waals surface area contributed by atoms with Crippen LogP contribution in [0, 0.1) is 6.92 Å². The van der Waals surface area contributed by atoms with Crippen molar-refractivity contribution in [2.45, 2.75) is 11.8 Å². The Labute approximate surface area is 188 Å². The van der Waals surface area contributed by atoms with Crippen LogP contribution in [0.15, 0.2) is 71.6 Å². The molecule has 0 unspecified atom stereocenters. The smallest absolute Gasteiger partial charge is 0.261 e. The molecule has 6 nitrogen and oxygen atoms in total. The third-order valence-corrected chi connectivity index (χ3v) is 6.14. The van der Waals surface area contributed by atoms with E-state index in [1.807, 2.05) is 50.2 Å². The van der Waals surface area contributed by atoms with E-state index in [-0.39, 0.29) is 4.90 Å². The van der Waals surface area contributed by atoms with Crippen molar-refractivity contribution in [2.75, 3.05) is 32.0 Å². The molecule has 8 heteroatoms. The number of rotatable bonds is 9. The quantitative estimate of drug-likeness (QED) is 0.476. The van der Waals surface area contributed by atoms with Crippen molar-refractivity contribution in [1.82, 2.24) is 4.90 Å². The molecule has 3 aromatic carbocycles. The summed E-state index contributed by atoms with van der Waals surface area (Å²) >= 11 is 6.17. The second-order valence-corrected chi connectivity index (χ2v) is 9.33. The van der Waals surface area contributed by atoms with Crippen LogP contribution in [0.1, 0.15) is 5.56 Å². The van der Waals surface area contributed by atoms with E-state index in [1.54, 1.807) is 30.3 Å². The summed E-state index contributed by atoms with van der Waals surface area (Å²) in [6.45, 7) is 3.09. The van der Waals surface area contributed by atoms with Gasteiger partial charge in [0.2, 0.25) is 0 Å². The lowest BCUT2D eigenvalue weighted by atomic mass is 10.2. The zero-order chi connectivity index (χ0) is 22.4. The third-order valence-electron chi connectivity index (χ3n) is 4.43. The highest BCUT2D eigenvalue weighted by Crippen LogP contribution is 2.30. The van der Waals surface area contributed by atoms with E-state index in [0.29, 0.717) is 35.4 Å². The van der Waals surface area contributed by atoms with E-state index >= 15 is 0 Å². The molecule has 3 aromatic rings. The highest BCUT2D eigenvalue weighted by molar-refractivity contribution is 7.92. The summed E-state index contributed by atoms with van der Waals surface area (Å²) in [5, 5.41) is 0.416. The molecule has 0 aliphatic carbocycles. The molecule has 0 saturated heterocycles. The van der Waals surface area contributed by atoms with Crippen molar-refractivity contribution >= 4 is 27.3 Å². The zero-order valence-electron chi connectivity index (χ0n) is 17.6. The average molecular weight is 461 g/mol. The summed E-state index contributed by atoms with van der Waals surface area (Å²) in [4.78, 5) is 2.10. The van der Waals surface area contributed by atoms with Crippen LogP contribution >= 0.6 is 11.6 Å². The van der Waals surface area contributed by atoms with Crippen molar-refractivity contribution in [3.8, 4) is 17.2 Å². The molecule has 164 valence electrons. The molecule has 0 bridgehead atoms. The molecular weight excluding hydrogens is 436 g/mol. The predicted molar refractivity (Wildman–Crippen MR) is 124 cm³/mol. The van der Waals surface area contributed by atoms with Crippen LogP contribution in [0.3, 0.4) is 0 Å². The minimum absolute atomic E-state index is 0.120. The molecule has 1 N–H and O–H groups in total. The Balaban J connectivity index is 1.71. The van der Waals surface area contributed by atoms with E-state index < -0.39 is 10.0 Å². The van der Waals surface area contributed by atoms with Gasteiger partial charge >= 0.3 is 0 Å². The standard InChI is InChI=1S/C23H25ClN2O4S/c1-17-6-4-5-7-22(17)30-19-9-11-20(12-10-19)31(27,28)25-18-8-13-21(24)23(16-18)29-15-14-26(2)3/h4-13,16,25H,14-15H2,1-3H3. The second-order valence-electron chi connectivity index (χ2n) is 7.24. The molecule has 0 aliphatic rings. The number of likely N-dealkylation sites (N-methyl/N-ethyl adjacent to an activating group) is 1. The Hall–Kier alpha value is -2.74. The van der Waals surface area contributed by atoms with Gasteiger partial charge in [0.15, 0.2) is 0 Å². The van der Waals surface area contributed by atoms with Crippen LogP contribution in [0.4, 0.5) is 5.69 Å². The van der Waals surface area contributed by atoms with Crippen LogP contribution in [0.5, 0.6) is 17.2 Å². The number of halogens is 1. The van der Waals surface area contributed by atoms with Gasteiger partial charge < -0.3 is 14.4 Å². The van der Waals surface area contributed by atoms with Gasteiger partial charge in [-0.1, -0.05) is 29.8 Å². The number of benzene rings is 3. The van der Waals surface area contributed by atoms with Gasteiger partial charge in [-0.2, -0.15) is 0 Å². The van der Waals surface area contributed by atoms with Crippen LogP contribution in [0.25, 0.3) is 0 Å². The van der Waals surface area contributed by atoms with E-state index in [9.17, 15) is 8.42 Å². The Morgan fingerprint density at radius 1 is 0.968 bits per heavy atom. The van der Waals surface area contributed by atoms with Crippen LogP contribution in [0.2, 0.25) is 5.02 Å². The topological polar surface area (TPSA) is 67.9 Å². The van der Waals surface area contributed by atoms with Crippen molar-refractivity contribution in [1.29, 1.82) is 0 Å². The van der Waals surface area contributed by atoms with E-state index in [2.05, 4.69) is 4.72 Å². The largest absolute Gasteiger partial charge is 0.491 e. The molecule has 0 spiro atoms. The summed E-state index contributed by atoms with van der Waals surface area (Å²) in [7, 11) is 0.0876. The molecule has 0 aliphatic heterocycles. The molecule has 0 fully saturated rings. The number of hydrogen-bond acceptors (Lipinski definition) is 5. The first-order chi connectivity index (χ1) is 14.7. The Bertz CT molecular complexity index is 1130. The summed E-state index contributed by atoms with van der Waals surface area (Å²) in [5.41, 5.74) is 1.36. The minimum atomic E-state index is -3.79. The van der Waals surface area contributed by atoms with Crippen molar-refractivity contribution < 1.29 is 17.9 Å². The number of para-hydroxylation sites is 1. The average Bonchev–Trinajstić information content (AvgIpc) is 2.72. The minimum Gasteiger partial charge on any atom is -0.491 e. The van der Waals surface area contributed by atoms with Gasteiger partial charge in [0, 0.05) is 12.6 Å². The first-order valence-electron chi connectivity index (χ1n) is 9.68. The molecule has 0 saturated carbocycles. The summed E-state index contributed by atoms with van der Waals surface area (Å²) < 4.78 is 39.6. The van der Waals surface area contributed by atoms with Crippen LogP contribution < -0.4 is 14.2 Å². The lowest BCUT2D eigenvalue weighted by Crippen LogP contribution is -2.19. The van der Waals surface area contributed by atoms with Crippen LogP contribution in [-0.2, 0) is 10.0 Å². The molecule has 0 heterocycles. The van der Waals surface area contributed by atoms with Gasteiger partial charge in [-0.05, 0) is 69.0 Å². The third kappa shape index (κ3) is 6.37. The lowest BCUT2D eigenvalue weighted by Gasteiger charge is -2.14. The SMILES string of the molecule is Cc1ccccc1Oc1ccc(S(=O)(=O)Nc2ccc(Cl)c(OCCN(C)C)c2)cc1. The summed E-state index contributed by atoms with van der Waals surface area (Å²) in [6, 6.07) is 18.6. The van der Waals surface area contributed by atoms with E-state index in [4.69, 9.17) is 21.1 Å². The van der Waals surface area contributed by atoms with Gasteiger partial charge in [0.1, 0.15) is 23.9 Å².